The van der Waals surface area contributed by atoms with Crippen LogP contribution in [0.3, 0.4) is 0 Å². The van der Waals surface area contributed by atoms with Gasteiger partial charge in [0.25, 0.3) is 5.91 Å². The SMILES string of the molecule is C[C@@H]1CN([C@@H](C)CO)S(=O)(=O)c2ccc(C#Cc3ccncc3)cc2O[C@H]1CN(C)C(=O)c1ccncc1. The predicted octanol–water partition coefficient (Wildman–Crippen LogP) is 2.42. The topological polar surface area (TPSA) is 113 Å². The Hall–Kier alpha value is -3.78. The van der Waals surface area contributed by atoms with E-state index in [1.165, 1.54) is 10.4 Å². The van der Waals surface area contributed by atoms with E-state index in [1.54, 1.807) is 80.1 Å². The fourth-order valence-electron chi connectivity index (χ4n) is 4.17. The van der Waals surface area contributed by atoms with Crippen molar-refractivity contribution in [2.24, 2.45) is 5.92 Å². The Morgan fingerprint density at radius 2 is 1.74 bits per heavy atom. The minimum Gasteiger partial charge on any atom is -0.487 e. The fourth-order valence-corrected chi connectivity index (χ4v) is 5.99. The number of hydrogen-bond acceptors (Lipinski definition) is 7. The second kappa shape index (κ2) is 11.7. The third-order valence-corrected chi connectivity index (χ3v) is 8.45. The van der Waals surface area contributed by atoms with E-state index in [0.717, 1.165) is 5.56 Å². The third kappa shape index (κ3) is 6.02. The monoisotopic (exact) mass is 534 g/mol. The van der Waals surface area contributed by atoms with Crippen molar-refractivity contribution < 1.29 is 23.1 Å². The molecule has 1 aliphatic rings. The summed E-state index contributed by atoms with van der Waals surface area (Å²) in [6, 6.07) is 10.9. The molecule has 0 fully saturated rings. The molecule has 0 bridgehead atoms. The first-order chi connectivity index (χ1) is 18.2. The van der Waals surface area contributed by atoms with Gasteiger partial charge in [-0.25, -0.2) is 8.42 Å². The number of benzene rings is 1. The van der Waals surface area contributed by atoms with Gasteiger partial charge in [0.15, 0.2) is 0 Å². The summed E-state index contributed by atoms with van der Waals surface area (Å²) < 4.78 is 35.0. The normalized spacial score (nSPS) is 19.5. The van der Waals surface area contributed by atoms with Crippen LogP contribution < -0.4 is 4.74 Å². The van der Waals surface area contributed by atoms with E-state index >= 15 is 0 Å². The Balaban J connectivity index is 1.72. The van der Waals surface area contributed by atoms with Crippen LogP contribution in [-0.2, 0) is 10.0 Å². The van der Waals surface area contributed by atoms with Gasteiger partial charge < -0.3 is 14.7 Å². The van der Waals surface area contributed by atoms with Gasteiger partial charge in [-0.3, -0.25) is 14.8 Å². The van der Waals surface area contributed by atoms with Crippen molar-refractivity contribution >= 4 is 15.9 Å². The number of nitrogens with zero attached hydrogens (tertiary/aromatic N) is 4. The van der Waals surface area contributed by atoms with Gasteiger partial charge in [-0.2, -0.15) is 4.31 Å². The summed E-state index contributed by atoms with van der Waals surface area (Å²) in [5.41, 5.74) is 1.84. The van der Waals surface area contributed by atoms with Gasteiger partial charge in [-0.05, 0) is 49.4 Å². The summed E-state index contributed by atoms with van der Waals surface area (Å²) in [7, 11) is -2.30. The zero-order valence-corrected chi connectivity index (χ0v) is 22.3. The van der Waals surface area contributed by atoms with E-state index in [4.69, 9.17) is 4.74 Å². The highest BCUT2D eigenvalue weighted by Crippen LogP contribution is 2.34. The number of aromatic nitrogens is 2. The van der Waals surface area contributed by atoms with Gasteiger partial charge in [0.1, 0.15) is 16.7 Å². The molecule has 1 amide bonds. The minimum absolute atomic E-state index is 0.00715. The molecule has 0 unspecified atom stereocenters. The molecule has 0 spiro atoms. The second-order valence-corrected chi connectivity index (χ2v) is 11.2. The van der Waals surface area contributed by atoms with E-state index in [1.807, 2.05) is 6.92 Å². The Bertz CT molecular complexity index is 1440. The maximum Gasteiger partial charge on any atom is 0.253 e. The lowest BCUT2D eigenvalue weighted by Crippen LogP contribution is -2.50. The van der Waals surface area contributed by atoms with Gasteiger partial charge in [-0.15, -0.1) is 0 Å². The van der Waals surface area contributed by atoms with Crippen molar-refractivity contribution in [3.8, 4) is 17.6 Å². The summed E-state index contributed by atoms with van der Waals surface area (Å²) in [6.45, 7) is 3.54. The summed E-state index contributed by atoms with van der Waals surface area (Å²) in [5.74, 6) is 5.75. The molecular weight excluding hydrogens is 504 g/mol. The molecule has 0 aliphatic carbocycles. The molecule has 10 heteroatoms. The highest BCUT2D eigenvalue weighted by atomic mass is 32.2. The first-order valence-electron chi connectivity index (χ1n) is 12.2. The van der Waals surface area contributed by atoms with Crippen LogP contribution in [0.1, 0.15) is 35.3 Å². The van der Waals surface area contributed by atoms with Crippen molar-refractivity contribution in [2.45, 2.75) is 30.9 Å². The molecule has 9 nitrogen and oxygen atoms in total. The number of aliphatic hydroxyl groups excluding tert-OH is 1. The number of pyridine rings is 2. The van der Waals surface area contributed by atoms with Crippen molar-refractivity contribution in [1.29, 1.82) is 0 Å². The minimum atomic E-state index is -3.98. The van der Waals surface area contributed by atoms with Crippen molar-refractivity contribution in [1.82, 2.24) is 19.2 Å². The molecule has 1 N–H and O–H groups in total. The van der Waals surface area contributed by atoms with Crippen LogP contribution >= 0.6 is 0 Å². The van der Waals surface area contributed by atoms with E-state index in [2.05, 4.69) is 21.8 Å². The summed E-state index contributed by atoms with van der Waals surface area (Å²) in [4.78, 5) is 22.5. The van der Waals surface area contributed by atoms with Gasteiger partial charge in [0, 0.05) is 67.0 Å². The summed E-state index contributed by atoms with van der Waals surface area (Å²) in [5, 5.41) is 9.83. The highest BCUT2D eigenvalue weighted by Gasteiger charge is 2.38. The van der Waals surface area contributed by atoms with Gasteiger partial charge >= 0.3 is 0 Å². The number of hydrogen-bond donors (Lipinski definition) is 1. The number of rotatable bonds is 5. The average molecular weight is 535 g/mol. The van der Waals surface area contributed by atoms with Crippen LogP contribution in [0.25, 0.3) is 0 Å². The van der Waals surface area contributed by atoms with Crippen LogP contribution in [0.15, 0.2) is 72.1 Å². The van der Waals surface area contributed by atoms with E-state index in [-0.39, 0.29) is 42.2 Å². The molecule has 1 aromatic carbocycles. The van der Waals surface area contributed by atoms with Crippen LogP contribution in [0, 0.1) is 17.8 Å². The first kappa shape index (κ1) is 27.3. The number of carbonyl (C=O) groups excluding carboxylic acids is 1. The smallest absolute Gasteiger partial charge is 0.253 e. The standard InChI is InChI=1S/C28H30N4O5S/c1-20-17-32(21(2)19-33)38(35,36)27-7-6-23(5-4-22-8-12-29-13-9-22)16-25(27)37-26(20)18-31(3)28(34)24-10-14-30-15-11-24/h6-16,20-21,26,33H,17-19H2,1-3H3/t20-,21+,26+/m1/s1. The number of carbonyl (C=O) groups is 1. The number of likely N-dealkylation sites (N-methyl/N-ethyl adjacent to an activating group) is 1. The van der Waals surface area contributed by atoms with Crippen molar-refractivity contribution in [3.63, 3.8) is 0 Å². The Kier molecular flexibility index (Phi) is 8.42. The maximum absolute atomic E-state index is 13.7. The first-order valence-corrected chi connectivity index (χ1v) is 13.7. The molecule has 4 rings (SSSR count). The molecular formula is C28H30N4O5S. The molecule has 0 saturated carbocycles. The zero-order valence-electron chi connectivity index (χ0n) is 21.5. The maximum atomic E-state index is 13.7. The predicted molar refractivity (Wildman–Crippen MR) is 142 cm³/mol. The third-order valence-electron chi connectivity index (χ3n) is 6.43. The van der Waals surface area contributed by atoms with E-state index in [0.29, 0.717) is 11.1 Å². The van der Waals surface area contributed by atoms with Gasteiger partial charge in [0.2, 0.25) is 10.0 Å². The van der Waals surface area contributed by atoms with Crippen LogP contribution in [0.4, 0.5) is 0 Å². The summed E-state index contributed by atoms with van der Waals surface area (Å²) >= 11 is 0. The molecule has 3 heterocycles. The molecule has 2 aromatic heterocycles. The number of sulfonamides is 1. The Morgan fingerprint density at radius 1 is 1.11 bits per heavy atom. The Labute approximate surface area is 223 Å². The fraction of sp³-hybridized carbons (Fsp3) is 0.321. The van der Waals surface area contributed by atoms with Crippen LogP contribution in [0.2, 0.25) is 0 Å². The van der Waals surface area contributed by atoms with E-state index < -0.39 is 22.2 Å². The highest BCUT2D eigenvalue weighted by molar-refractivity contribution is 7.89. The molecule has 0 saturated heterocycles. The zero-order chi connectivity index (χ0) is 27.3. The molecule has 38 heavy (non-hydrogen) atoms. The molecule has 1 aliphatic heterocycles. The lowest BCUT2D eigenvalue weighted by atomic mass is 10.0. The number of fused-ring (bicyclic) bond motifs is 1. The summed E-state index contributed by atoms with van der Waals surface area (Å²) in [6.07, 6.45) is 5.87. The quantitative estimate of drug-likeness (QED) is 0.500. The van der Waals surface area contributed by atoms with Gasteiger partial charge in [0.05, 0.1) is 13.2 Å². The lowest BCUT2D eigenvalue weighted by molar-refractivity contribution is 0.0563. The number of aliphatic hydroxyl groups is 1. The van der Waals surface area contributed by atoms with E-state index in [9.17, 15) is 18.3 Å². The van der Waals surface area contributed by atoms with Crippen LogP contribution in [0.5, 0.6) is 5.75 Å². The van der Waals surface area contributed by atoms with Crippen molar-refractivity contribution in [2.75, 3.05) is 26.7 Å². The van der Waals surface area contributed by atoms with Gasteiger partial charge in [-0.1, -0.05) is 18.8 Å². The van der Waals surface area contributed by atoms with Crippen molar-refractivity contribution in [3.05, 3.63) is 83.9 Å². The van der Waals surface area contributed by atoms with Crippen LogP contribution in [-0.4, -0.2) is 77.5 Å². The average Bonchev–Trinajstić information content (AvgIpc) is 2.93. The number of ether oxygens (including phenoxy) is 1. The molecule has 3 atom stereocenters. The number of amides is 1. The largest absolute Gasteiger partial charge is 0.487 e. The Morgan fingerprint density at radius 3 is 2.39 bits per heavy atom. The molecule has 198 valence electrons. The molecule has 0 radical (unpaired) electrons. The lowest BCUT2D eigenvalue weighted by Gasteiger charge is -2.37. The second-order valence-electron chi connectivity index (χ2n) is 9.31. The molecule has 3 aromatic rings.